The Morgan fingerprint density at radius 2 is 2.07 bits per heavy atom. The summed E-state index contributed by atoms with van der Waals surface area (Å²) in [6.45, 7) is 2.05. The Kier molecular flexibility index (Phi) is 5.81. The van der Waals surface area contributed by atoms with Crippen molar-refractivity contribution >= 4 is 46.4 Å². The van der Waals surface area contributed by atoms with Gasteiger partial charge in [0.25, 0.3) is 0 Å². The Morgan fingerprint density at radius 1 is 1.30 bits per heavy atom. The van der Waals surface area contributed by atoms with Gasteiger partial charge in [-0.3, -0.25) is 4.79 Å². The monoisotopic (exact) mass is 383 g/mol. The zero-order valence-corrected chi connectivity index (χ0v) is 15.8. The van der Waals surface area contributed by atoms with E-state index < -0.39 is 5.97 Å². The minimum absolute atomic E-state index is 0.199. The van der Waals surface area contributed by atoms with E-state index in [0.717, 1.165) is 29.8 Å². The summed E-state index contributed by atoms with van der Waals surface area (Å²) in [5.74, 6) is -0.267. The molecular formula is C21H22ClN3O2. The maximum absolute atomic E-state index is 10.7. The topological polar surface area (TPSA) is 85.2 Å². The Bertz CT molecular complexity index is 908. The fourth-order valence-electron chi connectivity index (χ4n) is 3.18. The second kappa shape index (κ2) is 8.27. The van der Waals surface area contributed by atoms with E-state index in [1.165, 1.54) is 11.8 Å². The molecule has 140 valence electrons. The van der Waals surface area contributed by atoms with Gasteiger partial charge in [-0.25, -0.2) is 0 Å². The van der Waals surface area contributed by atoms with Crippen LogP contribution in [0.4, 0.5) is 17.1 Å². The van der Waals surface area contributed by atoms with Crippen LogP contribution in [0.15, 0.2) is 42.5 Å². The van der Waals surface area contributed by atoms with Gasteiger partial charge in [0.15, 0.2) is 0 Å². The van der Waals surface area contributed by atoms with Crippen molar-refractivity contribution in [1.82, 2.24) is 0 Å². The van der Waals surface area contributed by atoms with E-state index in [-0.39, 0.29) is 6.54 Å². The zero-order chi connectivity index (χ0) is 19.4. The number of hydrogen-bond donors (Lipinski definition) is 4. The lowest BCUT2D eigenvalue weighted by atomic mass is 10.0. The minimum atomic E-state index is -0.952. The minimum Gasteiger partial charge on any atom is -0.480 e. The molecule has 27 heavy (non-hydrogen) atoms. The van der Waals surface area contributed by atoms with Gasteiger partial charge in [0.2, 0.25) is 0 Å². The molecule has 0 saturated carbocycles. The summed E-state index contributed by atoms with van der Waals surface area (Å²) in [5, 5.41) is 23.0. The summed E-state index contributed by atoms with van der Waals surface area (Å²) in [4.78, 5) is 10.7. The average Bonchev–Trinajstić information content (AvgIpc) is 3.08. The van der Waals surface area contributed by atoms with E-state index in [0.29, 0.717) is 22.2 Å². The number of anilines is 3. The molecule has 2 aromatic rings. The first kappa shape index (κ1) is 19.0. The SMILES string of the molecule is CC1CC=C(c2ccc(Nc3ccc(NCC(=O)O)c(C=N)c3)c(Cl)c2)C1. The quantitative estimate of drug-likeness (QED) is 0.483. The van der Waals surface area contributed by atoms with Crippen LogP contribution in [-0.2, 0) is 4.79 Å². The number of carbonyl (C=O) groups is 1. The molecule has 0 spiro atoms. The van der Waals surface area contributed by atoms with Crippen LogP contribution in [0, 0.1) is 11.3 Å². The normalized spacial score (nSPS) is 15.9. The van der Waals surface area contributed by atoms with Crippen molar-refractivity contribution in [3.8, 4) is 0 Å². The molecule has 3 rings (SSSR count). The third-order valence-electron chi connectivity index (χ3n) is 4.59. The van der Waals surface area contributed by atoms with Crippen molar-refractivity contribution in [2.45, 2.75) is 19.8 Å². The lowest BCUT2D eigenvalue weighted by Crippen LogP contribution is -2.13. The molecule has 1 atom stereocenters. The molecule has 0 radical (unpaired) electrons. The summed E-state index contributed by atoms with van der Waals surface area (Å²) in [7, 11) is 0. The Hall–Kier alpha value is -2.79. The van der Waals surface area contributed by atoms with Gasteiger partial charge in [-0.2, -0.15) is 0 Å². The molecule has 1 aliphatic carbocycles. The first-order chi connectivity index (χ1) is 13.0. The number of rotatable bonds is 7. The van der Waals surface area contributed by atoms with E-state index in [4.69, 9.17) is 22.1 Å². The van der Waals surface area contributed by atoms with Gasteiger partial charge in [-0.05, 0) is 60.2 Å². The van der Waals surface area contributed by atoms with Crippen LogP contribution in [0.1, 0.15) is 30.9 Å². The number of carboxylic acid groups (broad SMARTS) is 1. The second-order valence-electron chi connectivity index (χ2n) is 6.79. The number of aliphatic carboxylic acids is 1. The molecule has 5 nitrogen and oxygen atoms in total. The average molecular weight is 384 g/mol. The molecule has 0 bridgehead atoms. The maximum atomic E-state index is 10.7. The Balaban J connectivity index is 1.76. The highest BCUT2D eigenvalue weighted by molar-refractivity contribution is 6.33. The lowest BCUT2D eigenvalue weighted by Gasteiger charge is -2.13. The van der Waals surface area contributed by atoms with E-state index in [9.17, 15) is 4.79 Å². The molecule has 0 heterocycles. The molecule has 0 aromatic heterocycles. The van der Waals surface area contributed by atoms with Gasteiger partial charge in [-0.15, -0.1) is 0 Å². The fourth-order valence-corrected chi connectivity index (χ4v) is 3.41. The van der Waals surface area contributed by atoms with Crippen LogP contribution in [0.25, 0.3) is 5.57 Å². The van der Waals surface area contributed by atoms with Crippen molar-refractivity contribution in [1.29, 1.82) is 5.41 Å². The summed E-state index contributed by atoms with van der Waals surface area (Å²) >= 11 is 6.47. The van der Waals surface area contributed by atoms with Crippen LogP contribution >= 0.6 is 11.6 Å². The fraction of sp³-hybridized carbons (Fsp3) is 0.238. The summed E-state index contributed by atoms with van der Waals surface area (Å²) in [6, 6.07) is 11.4. The maximum Gasteiger partial charge on any atom is 0.322 e. The predicted molar refractivity (Wildman–Crippen MR) is 112 cm³/mol. The third-order valence-corrected chi connectivity index (χ3v) is 4.90. The molecule has 0 amide bonds. The predicted octanol–water partition coefficient (Wildman–Crippen LogP) is 5.39. The van der Waals surface area contributed by atoms with Gasteiger partial charge in [0, 0.05) is 23.2 Å². The first-order valence-corrected chi connectivity index (χ1v) is 9.20. The van der Waals surface area contributed by atoms with Crippen molar-refractivity contribution in [2.75, 3.05) is 17.2 Å². The van der Waals surface area contributed by atoms with Gasteiger partial charge < -0.3 is 21.1 Å². The third kappa shape index (κ3) is 4.68. The van der Waals surface area contributed by atoms with Crippen molar-refractivity contribution in [3.05, 3.63) is 58.6 Å². The van der Waals surface area contributed by atoms with Crippen LogP contribution in [0.3, 0.4) is 0 Å². The second-order valence-corrected chi connectivity index (χ2v) is 7.19. The molecule has 0 aliphatic heterocycles. The highest BCUT2D eigenvalue weighted by Gasteiger charge is 2.15. The first-order valence-electron chi connectivity index (χ1n) is 8.82. The molecule has 0 saturated heterocycles. The van der Waals surface area contributed by atoms with Gasteiger partial charge in [0.1, 0.15) is 6.54 Å². The van der Waals surface area contributed by atoms with Crippen molar-refractivity contribution in [3.63, 3.8) is 0 Å². The van der Waals surface area contributed by atoms with Crippen LogP contribution in [0.5, 0.6) is 0 Å². The van der Waals surface area contributed by atoms with Crippen LogP contribution in [-0.4, -0.2) is 23.8 Å². The van der Waals surface area contributed by atoms with E-state index in [1.54, 1.807) is 12.1 Å². The molecule has 1 unspecified atom stereocenters. The summed E-state index contributed by atoms with van der Waals surface area (Å²) < 4.78 is 0. The largest absolute Gasteiger partial charge is 0.480 e. The lowest BCUT2D eigenvalue weighted by molar-refractivity contribution is -0.134. The van der Waals surface area contributed by atoms with Gasteiger partial charge in [0.05, 0.1) is 10.7 Å². The van der Waals surface area contributed by atoms with Crippen LogP contribution < -0.4 is 10.6 Å². The van der Waals surface area contributed by atoms with E-state index in [1.807, 2.05) is 18.2 Å². The smallest absolute Gasteiger partial charge is 0.322 e. The van der Waals surface area contributed by atoms with Crippen LogP contribution in [0.2, 0.25) is 5.02 Å². The number of nitrogens with one attached hydrogen (secondary N) is 3. The zero-order valence-electron chi connectivity index (χ0n) is 15.1. The molecule has 1 aliphatic rings. The Morgan fingerprint density at radius 3 is 2.70 bits per heavy atom. The number of allylic oxidation sites excluding steroid dienone is 2. The summed E-state index contributed by atoms with van der Waals surface area (Å²) in [6.07, 6.45) is 5.66. The number of carboxylic acids is 1. The Labute approximate surface area is 163 Å². The number of benzene rings is 2. The molecule has 6 heteroatoms. The van der Waals surface area contributed by atoms with Crippen molar-refractivity contribution < 1.29 is 9.90 Å². The molecular weight excluding hydrogens is 362 g/mol. The molecule has 2 aromatic carbocycles. The molecule has 0 fully saturated rings. The number of hydrogen-bond acceptors (Lipinski definition) is 4. The van der Waals surface area contributed by atoms with Gasteiger partial charge in [-0.1, -0.05) is 30.7 Å². The highest BCUT2D eigenvalue weighted by atomic mass is 35.5. The van der Waals surface area contributed by atoms with E-state index in [2.05, 4.69) is 29.7 Å². The highest BCUT2D eigenvalue weighted by Crippen LogP contribution is 2.35. The van der Waals surface area contributed by atoms with Gasteiger partial charge >= 0.3 is 5.97 Å². The number of halogens is 1. The summed E-state index contributed by atoms with van der Waals surface area (Å²) in [5.41, 5.74) is 5.26. The van der Waals surface area contributed by atoms with E-state index >= 15 is 0 Å². The standard InChI is InChI=1S/C21H22ClN3O2/c1-13-2-3-14(8-13)15-4-6-20(18(22)10-15)25-17-5-7-19(16(9-17)11-23)24-12-21(26)27/h3-7,9-11,13,23-25H,2,8,12H2,1H3,(H,26,27). The van der Waals surface area contributed by atoms with Crippen molar-refractivity contribution in [2.24, 2.45) is 5.92 Å². The molecule has 4 N–H and O–H groups in total.